The largest absolute Gasteiger partial charge is 0.497 e. The molecule has 0 radical (unpaired) electrons. The van der Waals surface area contributed by atoms with Gasteiger partial charge in [0.2, 0.25) is 5.91 Å². The Balaban J connectivity index is 1.45. The zero-order chi connectivity index (χ0) is 26.5. The van der Waals surface area contributed by atoms with Gasteiger partial charge >= 0.3 is 0 Å². The van der Waals surface area contributed by atoms with Crippen molar-refractivity contribution in [1.29, 1.82) is 0 Å². The van der Waals surface area contributed by atoms with Crippen molar-refractivity contribution in [2.75, 3.05) is 39.8 Å². The number of carbonyl (C=O) groups excluding carboxylic acids is 2. The number of methoxy groups -OCH3 is 1. The van der Waals surface area contributed by atoms with Crippen LogP contribution in [0, 0.1) is 6.92 Å². The maximum Gasteiger partial charge on any atom is 0.264 e. The van der Waals surface area contributed by atoms with Gasteiger partial charge in [0.1, 0.15) is 11.8 Å². The van der Waals surface area contributed by atoms with Gasteiger partial charge in [0.25, 0.3) is 5.91 Å². The van der Waals surface area contributed by atoms with E-state index in [2.05, 4.69) is 53.5 Å². The lowest BCUT2D eigenvalue weighted by Crippen LogP contribution is -2.53. The van der Waals surface area contributed by atoms with Crippen LogP contribution < -0.4 is 10.1 Å². The van der Waals surface area contributed by atoms with E-state index in [9.17, 15) is 9.59 Å². The van der Waals surface area contributed by atoms with Crippen LogP contribution in [0.2, 0.25) is 0 Å². The minimum Gasteiger partial charge on any atom is -0.497 e. The molecular weight excluding hydrogens is 496 g/mol. The fourth-order valence-corrected chi connectivity index (χ4v) is 6.18. The fourth-order valence-electron chi connectivity index (χ4n) is 5.50. The molecule has 2 aliphatic rings. The minimum atomic E-state index is -0.461. The van der Waals surface area contributed by atoms with E-state index in [-0.39, 0.29) is 17.9 Å². The van der Waals surface area contributed by atoms with Crippen molar-refractivity contribution in [3.63, 3.8) is 0 Å². The Morgan fingerprint density at radius 3 is 2.61 bits per heavy atom. The lowest BCUT2D eigenvalue weighted by molar-refractivity contribution is -0.135. The number of benzene rings is 2. The molecule has 2 unspecified atom stereocenters. The van der Waals surface area contributed by atoms with Crippen LogP contribution >= 0.6 is 11.3 Å². The van der Waals surface area contributed by atoms with Gasteiger partial charge in [-0.2, -0.15) is 0 Å². The van der Waals surface area contributed by atoms with Crippen LogP contribution in [-0.4, -0.2) is 78.4 Å². The first-order valence-corrected chi connectivity index (χ1v) is 14.2. The van der Waals surface area contributed by atoms with E-state index in [4.69, 9.17) is 4.74 Å². The summed E-state index contributed by atoms with van der Waals surface area (Å²) in [6, 6.07) is 19.9. The molecular formula is C30H36N4O3S. The highest BCUT2D eigenvalue weighted by Gasteiger charge is 2.44. The van der Waals surface area contributed by atoms with E-state index in [0.29, 0.717) is 37.5 Å². The SMILES string of the molecule is COc1cccc(CN(Cc2ccccc2C)C2CC(C(=O)N3CCNCC3)N(C(=O)c3cccs3)C2)c1. The van der Waals surface area contributed by atoms with E-state index in [0.717, 1.165) is 30.9 Å². The van der Waals surface area contributed by atoms with Gasteiger partial charge < -0.3 is 19.9 Å². The number of hydrogen-bond donors (Lipinski definition) is 1. The molecule has 38 heavy (non-hydrogen) atoms. The van der Waals surface area contributed by atoms with E-state index < -0.39 is 6.04 Å². The summed E-state index contributed by atoms with van der Waals surface area (Å²) in [6.07, 6.45) is 0.621. The Morgan fingerprint density at radius 1 is 1.05 bits per heavy atom. The lowest BCUT2D eigenvalue weighted by atomic mass is 10.0. The van der Waals surface area contributed by atoms with Gasteiger partial charge in [0.15, 0.2) is 0 Å². The lowest BCUT2D eigenvalue weighted by Gasteiger charge is -2.32. The Labute approximate surface area is 229 Å². The van der Waals surface area contributed by atoms with Crippen LogP contribution in [0.4, 0.5) is 0 Å². The summed E-state index contributed by atoms with van der Waals surface area (Å²) in [5.41, 5.74) is 3.63. The van der Waals surface area contributed by atoms with Crippen LogP contribution in [0.1, 0.15) is 32.8 Å². The molecule has 2 aliphatic heterocycles. The molecule has 0 saturated carbocycles. The van der Waals surface area contributed by atoms with Crippen LogP contribution in [0.15, 0.2) is 66.0 Å². The van der Waals surface area contributed by atoms with E-state index >= 15 is 0 Å². The molecule has 3 aromatic rings. The molecule has 2 aromatic carbocycles. The van der Waals surface area contributed by atoms with Gasteiger partial charge in [0, 0.05) is 51.9 Å². The maximum atomic E-state index is 13.8. The summed E-state index contributed by atoms with van der Waals surface area (Å²) in [5, 5.41) is 5.24. The standard InChI is InChI=1S/C30H36N4O3S/c1-22-7-3-4-9-24(22)20-33(19-23-8-5-10-26(17-23)37-2)25-18-27(29(35)32-14-12-31-13-15-32)34(21-25)30(36)28-11-6-16-38-28/h3-11,16-17,25,27,31H,12-15,18-21H2,1-2H3. The van der Waals surface area contributed by atoms with Gasteiger partial charge in [-0.1, -0.05) is 42.5 Å². The molecule has 2 fully saturated rings. The van der Waals surface area contributed by atoms with Crippen LogP contribution in [-0.2, 0) is 17.9 Å². The highest BCUT2D eigenvalue weighted by Crippen LogP contribution is 2.30. The third-order valence-corrected chi connectivity index (χ3v) is 8.51. The van der Waals surface area contributed by atoms with Crippen molar-refractivity contribution in [1.82, 2.24) is 20.0 Å². The van der Waals surface area contributed by atoms with E-state index in [1.165, 1.54) is 22.5 Å². The molecule has 0 bridgehead atoms. The van der Waals surface area contributed by atoms with Gasteiger partial charge in [-0.15, -0.1) is 11.3 Å². The first-order valence-electron chi connectivity index (χ1n) is 13.3. The van der Waals surface area contributed by atoms with Gasteiger partial charge in [-0.05, 0) is 53.6 Å². The zero-order valence-electron chi connectivity index (χ0n) is 22.1. The Morgan fingerprint density at radius 2 is 1.87 bits per heavy atom. The normalized spacial score (nSPS) is 19.7. The molecule has 2 amide bonds. The van der Waals surface area contributed by atoms with Crippen LogP contribution in [0.3, 0.4) is 0 Å². The molecule has 2 saturated heterocycles. The number of amides is 2. The van der Waals surface area contributed by atoms with Crippen LogP contribution in [0.25, 0.3) is 0 Å². The number of ether oxygens (including phenoxy) is 1. The van der Waals surface area contributed by atoms with Crippen molar-refractivity contribution < 1.29 is 14.3 Å². The summed E-state index contributed by atoms with van der Waals surface area (Å²) < 4.78 is 5.48. The second kappa shape index (κ2) is 12.1. The molecule has 5 rings (SSSR count). The van der Waals surface area contributed by atoms with Crippen molar-refractivity contribution in [2.45, 2.75) is 38.5 Å². The molecule has 8 heteroatoms. The van der Waals surface area contributed by atoms with E-state index in [1.807, 2.05) is 39.4 Å². The summed E-state index contributed by atoms with van der Waals surface area (Å²) in [7, 11) is 1.68. The number of rotatable bonds is 8. The smallest absolute Gasteiger partial charge is 0.264 e. The molecule has 0 aliphatic carbocycles. The average Bonchev–Trinajstić information content (AvgIpc) is 3.65. The number of piperazine rings is 1. The Hall–Kier alpha value is -3.20. The predicted molar refractivity (Wildman–Crippen MR) is 150 cm³/mol. The monoisotopic (exact) mass is 532 g/mol. The number of nitrogens with zero attached hydrogens (tertiary/aromatic N) is 3. The second-order valence-corrected chi connectivity index (χ2v) is 11.0. The molecule has 1 aromatic heterocycles. The van der Waals surface area contributed by atoms with Gasteiger partial charge in [-0.25, -0.2) is 0 Å². The van der Waals surface area contributed by atoms with Crippen LogP contribution in [0.5, 0.6) is 5.75 Å². The van der Waals surface area contributed by atoms with Gasteiger partial charge in [0.05, 0.1) is 12.0 Å². The highest BCUT2D eigenvalue weighted by molar-refractivity contribution is 7.12. The average molecular weight is 533 g/mol. The van der Waals surface area contributed by atoms with Crippen molar-refractivity contribution >= 4 is 23.2 Å². The topological polar surface area (TPSA) is 65.1 Å². The molecule has 7 nitrogen and oxygen atoms in total. The number of nitrogens with one attached hydrogen (secondary N) is 1. The molecule has 0 spiro atoms. The van der Waals surface area contributed by atoms with Crippen molar-refractivity contribution in [3.8, 4) is 5.75 Å². The summed E-state index contributed by atoms with van der Waals surface area (Å²) in [4.78, 5) is 34.3. The van der Waals surface area contributed by atoms with Crippen molar-refractivity contribution in [2.24, 2.45) is 0 Å². The molecule has 1 N–H and O–H groups in total. The molecule has 2 atom stereocenters. The summed E-state index contributed by atoms with van der Waals surface area (Å²) in [6.45, 7) is 7.03. The number of thiophene rings is 1. The predicted octanol–water partition coefficient (Wildman–Crippen LogP) is 3.78. The highest BCUT2D eigenvalue weighted by atomic mass is 32.1. The third-order valence-electron chi connectivity index (χ3n) is 7.66. The molecule has 200 valence electrons. The number of likely N-dealkylation sites (tertiary alicyclic amines) is 1. The summed E-state index contributed by atoms with van der Waals surface area (Å²) >= 11 is 1.43. The minimum absolute atomic E-state index is 0.0431. The number of hydrogen-bond acceptors (Lipinski definition) is 6. The maximum absolute atomic E-state index is 13.8. The zero-order valence-corrected chi connectivity index (χ0v) is 23.0. The summed E-state index contributed by atoms with van der Waals surface area (Å²) in [5.74, 6) is 0.843. The first kappa shape index (κ1) is 26.4. The molecule has 3 heterocycles. The van der Waals surface area contributed by atoms with Crippen molar-refractivity contribution in [3.05, 3.63) is 87.6 Å². The first-order chi connectivity index (χ1) is 18.5. The number of aryl methyl sites for hydroxylation is 1. The number of carbonyl (C=O) groups is 2. The quantitative estimate of drug-likeness (QED) is 0.478. The second-order valence-electron chi connectivity index (χ2n) is 10.1. The Bertz CT molecular complexity index is 1240. The third kappa shape index (κ3) is 5.93. The van der Waals surface area contributed by atoms with Gasteiger partial charge in [-0.3, -0.25) is 14.5 Å². The van der Waals surface area contributed by atoms with E-state index in [1.54, 1.807) is 7.11 Å². The fraction of sp³-hybridized carbons (Fsp3) is 0.400. The Kier molecular flexibility index (Phi) is 8.42.